The number of amides is 1. The average Bonchev–Trinajstić information content (AvgIpc) is 2.41. The summed E-state index contributed by atoms with van der Waals surface area (Å²) in [4.78, 5) is 29.2. The first-order valence-electron chi connectivity index (χ1n) is 5.19. The molecule has 92 valence electrons. The summed E-state index contributed by atoms with van der Waals surface area (Å²) in [7, 11) is 1.58. The van der Waals surface area contributed by atoms with E-state index in [1.807, 2.05) is 0 Å². The lowest BCUT2D eigenvalue weighted by Gasteiger charge is -2.03. The van der Waals surface area contributed by atoms with Gasteiger partial charge in [-0.1, -0.05) is 12.1 Å². The lowest BCUT2D eigenvalue weighted by molar-refractivity contribution is 0.0963. The summed E-state index contributed by atoms with van der Waals surface area (Å²) >= 11 is 3.07. The molecule has 0 saturated carbocycles. The van der Waals surface area contributed by atoms with Gasteiger partial charge < -0.3 is 10.3 Å². The van der Waals surface area contributed by atoms with Gasteiger partial charge in [-0.2, -0.15) is 0 Å². The van der Waals surface area contributed by atoms with Gasteiger partial charge in [-0.3, -0.25) is 9.59 Å². The van der Waals surface area contributed by atoms with Crippen molar-refractivity contribution in [2.45, 2.75) is 0 Å². The van der Waals surface area contributed by atoms with Crippen LogP contribution in [0.1, 0.15) is 10.4 Å². The molecule has 0 aliphatic heterocycles. The second-order valence-corrected chi connectivity index (χ2v) is 4.31. The predicted octanol–water partition coefficient (Wildman–Crippen LogP) is 1.56. The molecule has 0 spiro atoms. The van der Waals surface area contributed by atoms with Crippen molar-refractivity contribution in [3.05, 3.63) is 51.0 Å². The number of carbonyl (C=O) groups is 1. The first kappa shape index (κ1) is 12.5. The molecular weight excluding hydrogens is 298 g/mol. The maximum Gasteiger partial charge on any atom is 0.281 e. The van der Waals surface area contributed by atoms with Crippen LogP contribution in [0.3, 0.4) is 0 Å². The van der Waals surface area contributed by atoms with E-state index in [4.69, 9.17) is 0 Å². The van der Waals surface area contributed by atoms with E-state index in [1.165, 1.54) is 6.20 Å². The number of H-pyrrole nitrogens is 1. The highest BCUT2D eigenvalue weighted by molar-refractivity contribution is 9.10. The molecule has 2 aromatic rings. The van der Waals surface area contributed by atoms with Crippen LogP contribution in [0.15, 0.2) is 39.9 Å². The molecule has 0 fully saturated rings. The van der Waals surface area contributed by atoms with Gasteiger partial charge >= 0.3 is 0 Å². The van der Waals surface area contributed by atoms with E-state index in [0.29, 0.717) is 11.3 Å². The number of halogens is 1. The molecule has 6 heteroatoms. The zero-order valence-electron chi connectivity index (χ0n) is 9.53. The molecule has 0 bridgehead atoms. The Morgan fingerprint density at radius 1 is 1.33 bits per heavy atom. The summed E-state index contributed by atoms with van der Waals surface area (Å²) < 4.78 is 0.232. The summed E-state index contributed by atoms with van der Waals surface area (Å²) in [6.07, 6.45) is 1.53. The number of nitrogens with one attached hydrogen (secondary N) is 2. The highest BCUT2D eigenvalue weighted by Crippen LogP contribution is 2.17. The molecule has 1 amide bonds. The highest BCUT2D eigenvalue weighted by Gasteiger charge is 2.05. The Kier molecular flexibility index (Phi) is 3.57. The number of benzene rings is 1. The molecule has 5 nitrogen and oxygen atoms in total. The Bertz CT molecular complexity index is 635. The second-order valence-electron chi connectivity index (χ2n) is 3.56. The lowest BCUT2D eigenvalue weighted by atomic mass is 10.1. The Hall–Kier alpha value is -1.95. The number of rotatable bonds is 2. The first-order chi connectivity index (χ1) is 8.61. The number of nitrogens with zero attached hydrogens (tertiary/aromatic N) is 1. The molecule has 1 aromatic heterocycles. The summed E-state index contributed by atoms with van der Waals surface area (Å²) in [5, 5.41) is 2.55. The number of aromatic nitrogens is 2. The summed E-state index contributed by atoms with van der Waals surface area (Å²) in [5.41, 5.74) is 1.75. The monoisotopic (exact) mass is 307 g/mol. The third kappa shape index (κ3) is 2.48. The molecule has 1 heterocycles. The minimum Gasteiger partial charge on any atom is -0.355 e. The zero-order valence-corrected chi connectivity index (χ0v) is 11.1. The van der Waals surface area contributed by atoms with E-state index >= 15 is 0 Å². The number of aromatic amines is 1. The van der Waals surface area contributed by atoms with Crippen LogP contribution in [-0.2, 0) is 0 Å². The molecule has 0 aliphatic carbocycles. The Balaban J connectivity index is 2.37. The van der Waals surface area contributed by atoms with Crippen LogP contribution in [0.2, 0.25) is 0 Å². The van der Waals surface area contributed by atoms with Crippen LogP contribution in [-0.4, -0.2) is 22.9 Å². The second kappa shape index (κ2) is 5.14. The molecule has 0 saturated heterocycles. The Morgan fingerprint density at radius 3 is 2.56 bits per heavy atom. The third-order valence-corrected chi connectivity index (χ3v) is 2.95. The predicted molar refractivity (Wildman–Crippen MR) is 71.4 cm³/mol. The van der Waals surface area contributed by atoms with Crippen molar-refractivity contribution < 1.29 is 4.79 Å². The van der Waals surface area contributed by atoms with E-state index in [0.717, 1.165) is 5.56 Å². The summed E-state index contributed by atoms with van der Waals surface area (Å²) in [6.45, 7) is 0. The molecule has 18 heavy (non-hydrogen) atoms. The van der Waals surface area contributed by atoms with E-state index in [1.54, 1.807) is 31.3 Å². The smallest absolute Gasteiger partial charge is 0.281 e. The van der Waals surface area contributed by atoms with Crippen LogP contribution >= 0.6 is 15.9 Å². The van der Waals surface area contributed by atoms with Gasteiger partial charge in [0, 0.05) is 24.4 Å². The fourth-order valence-corrected chi connectivity index (χ4v) is 1.77. The van der Waals surface area contributed by atoms with Gasteiger partial charge in [-0.05, 0) is 28.1 Å². The molecule has 2 rings (SSSR count). The van der Waals surface area contributed by atoms with Gasteiger partial charge in [0.1, 0.15) is 0 Å². The third-order valence-electron chi connectivity index (χ3n) is 2.42. The molecule has 0 aliphatic rings. The molecule has 0 unspecified atom stereocenters. The van der Waals surface area contributed by atoms with Crippen molar-refractivity contribution >= 4 is 21.8 Å². The maximum atomic E-state index is 11.4. The van der Waals surface area contributed by atoms with Crippen LogP contribution in [0.5, 0.6) is 0 Å². The topological polar surface area (TPSA) is 74.8 Å². The molecular formula is C12H10BrN3O2. The van der Waals surface area contributed by atoms with Gasteiger partial charge in [0.25, 0.3) is 11.5 Å². The van der Waals surface area contributed by atoms with Crippen LogP contribution in [0, 0.1) is 0 Å². The fourth-order valence-electron chi connectivity index (χ4n) is 1.47. The van der Waals surface area contributed by atoms with Gasteiger partial charge in [0.15, 0.2) is 4.60 Å². The van der Waals surface area contributed by atoms with E-state index in [2.05, 4.69) is 31.2 Å². The summed E-state index contributed by atoms with van der Waals surface area (Å²) in [6, 6.07) is 6.96. The van der Waals surface area contributed by atoms with Crippen molar-refractivity contribution in [1.82, 2.24) is 15.3 Å². The maximum absolute atomic E-state index is 11.4. The highest BCUT2D eigenvalue weighted by atomic mass is 79.9. The SMILES string of the molecule is CNC(=O)c1ccc(-c2c[nH]c(=O)c(Br)n2)cc1. The van der Waals surface area contributed by atoms with Gasteiger partial charge in [0.2, 0.25) is 0 Å². The van der Waals surface area contributed by atoms with Crippen LogP contribution < -0.4 is 10.9 Å². The Morgan fingerprint density at radius 2 is 2.00 bits per heavy atom. The normalized spacial score (nSPS) is 10.1. The van der Waals surface area contributed by atoms with Crippen molar-refractivity contribution in [1.29, 1.82) is 0 Å². The Labute approximate surface area is 111 Å². The van der Waals surface area contributed by atoms with Gasteiger partial charge in [0.05, 0.1) is 5.69 Å². The van der Waals surface area contributed by atoms with Crippen molar-refractivity contribution in [3.63, 3.8) is 0 Å². The molecule has 1 aromatic carbocycles. The minimum atomic E-state index is -0.277. The quantitative estimate of drug-likeness (QED) is 0.884. The number of hydrogen-bond donors (Lipinski definition) is 2. The van der Waals surface area contributed by atoms with E-state index in [9.17, 15) is 9.59 Å². The lowest BCUT2D eigenvalue weighted by Crippen LogP contribution is -2.17. The molecule has 0 atom stereocenters. The largest absolute Gasteiger partial charge is 0.355 e. The van der Waals surface area contributed by atoms with Crippen molar-refractivity contribution in [2.24, 2.45) is 0 Å². The minimum absolute atomic E-state index is 0.142. The van der Waals surface area contributed by atoms with Crippen molar-refractivity contribution in [3.8, 4) is 11.3 Å². The van der Waals surface area contributed by atoms with Crippen LogP contribution in [0.4, 0.5) is 0 Å². The average molecular weight is 308 g/mol. The van der Waals surface area contributed by atoms with Gasteiger partial charge in [-0.15, -0.1) is 0 Å². The van der Waals surface area contributed by atoms with Gasteiger partial charge in [-0.25, -0.2) is 4.98 Å². The first-order valence-corrected chi connectivity index (χ1v) is 5.99. The molecule has 2 N–H and O–H groups in total. The van der Waals surface area contributed by atoms with E-state index < -0.39 is 0 Å². The number of carbonyl (C=O) groups excluding carboxylic acids is 1. The van der Waals surface area contributed by atoms with Crippen LogP contribution in [0.25, 0.3) is 11.3 Å². The summed E-state index contributed by atoms with van der Waals surface area (Å²) in [5.74, 6) is -0.142. The molecule has 0 radical (unpaired) electrons. The van der Waals surface area contributed by atoms with E-state index in [-0.39, 0.29) is 16.1 Å². The standard InChI is InChI=1S/C12H10BrN3O2/c1-14-11(17)8-4-2-7(3-5-8)9-6-15-12(18)10(13)16-9/h2-6H,1H3,(H,14,17)(H,15,18). The van der Waals surface area contributed by atoms with Crippen molar-refractivity contribution in [2.75, 3.05) is 7.05 Å². The zero-order chi connectivity index (χ0) is 13.1. The number of hydrogen-bond acceptors (Lipinski definition) is 3. The fraction of sp³-hybridized carbons (Fsp3) is 0.0833.